The van der Waals surface area contributed by atoms with Gasteiger partial charge in [0.2, 0.25) is 0 Å². The predicted molar refractivity (Wildman–Crippen MR) is 93.0 cm³/mol. The molecule has 3 rings (SSSR count). The summed E-state index contributed by atoms with van der Waals surface area (Å²) in [7, 11) is 0. The highest BCUT2D eigenvalue weighted by molar-refractivity contribution is 7.17. The molecule has 1 unspecified atom stereocenters. The van der Waals surface area contributed by atoms with Crippen molar-refractivity contribution in [1.29, 1.82) is 0 Å². The Morgan fingerprint density at radius 3 is 2.33 bits per heavy atom. The lowest BCUT2D eigenvalue weighted by Gasteiger charge is -2.25. The average Bonchev–Trinajstić information content (AvgIpc) is 2.89. The van der Waals surface area contributed by atoms with Crippen LogP contribution in [0.3, 0.4) is 0 Å². The molecule has 108 valence electrons. The van der Waals surface area contributed by atoms with Crippen molar-refractivity contribution in [3.63, 3.8) is 0 Å². The standard InChI is InChI=1S/C19H21NS/c1-19(2,3)16-10-6-4-9-14(16)18(20)15-12-21-17-11-7-5-8-13(15)17/h4-12,18H,20H2,1-3H3. The summed E-state index contributed by atoms with van der Waals surface area (Å²) in [6.45, 7) is 6.72. The molecule has 0 aliphatic carbocycles. The summed E-state index contributed by atoms with van der Waals surface area (Å²) >= 11 is 1.77. The van der Waals surface area contributed by atoms with E-state index in [9.17, 15) is 0 Å². The van der Waals surface area contributed by atoms with Gasteiger partial charge in [-0.05, 0) is 38.9 Å². The van der Waals surface area contributed by atoms with Crippen LogP contribution in [-0.4, -0.2) is 0 Å². The molecule has 0 saturated carbocycles. The Labute approximate surface area is 130 Å². The average molecular weight is 295 g/mol. The van der Waals surface area contributed by atoms with Crippen LogP contribution in [0.5, 0.6) is 0 Å². The molecule has 3 aromatic rings. The molecule has 2 N–H and O–H groups in total. The number of benzene rings is 2. The van der Waals surface area contributed by atoms with Crippen molar-refractivity contribution < 1.29 is 0 Å². The molecule has 1 heterocycles. The van der Waals surface area contributed by atoms with Crippen LogP contribution in [0.4, 0.5) is 0 Å². The van der Waals surface area contributed by atoms with Gasteiger partial charge in [0.15, 0.2) is 0 Å². The molecular formula is C19H21NS. The Balaban J connectivity index is 2.13. The lowest BCUT2D eigenvalue weighted by atomic mass is 9.81. The zero-order valence-electron chi connectivity index (χ0n) is 12.8. The first-order valence-electron chi connectivity index (χ1n) is 7.29. The zero-order valence-corrected chi connectivity index (χ0v) is 13.6. The Kier molecular flexibility index (Phi) is 3.60. The quantitative estimate of drug-likeness (QED) is 0.687. The van der Waals surface area contributed by atoms with Crippen LogP contribution in [0.25, 0.3) is 10.1 Å². The normalized spacial score (nSPS) is 13.5. The van der Waals surface area contributed by atoms with Gasteiger partial charge in [-0.3, -0.25) is 0 Å². The van der Waals surface area contributed by atoms with E-state index in [2.05, 4.69) is 74.7 Å². The van der Waals surface area contributed by atoms with E-state index in [0.29, 0.717) is 0 Å². The van der Waals surface area contributed by atoms with Gasteiger partial charge in [-0.1, -0.05) is 63.2 Å². The van der Waals surface area contributed by atoms with E-state index in [1.165, 1.54) is 26.8 Å². The molecule has 0 fully saturated rings. The van der Waals surface area contributed by atoms with Crippen LogP contribution in [-0.2, 0) is 5.41 Å². The maximum absolute atomic E-state index is 6.63. The molecule has 0 saturated heterocycles. The topological polar surface area (TPSA) is 26.0 Å². The van der Waals surface area contributed by atoms with Crippen molar-refractivity contribution in [2.24, 2.45) is 5.73 Å². The Bertz CT molecular complexity index is 764. The van der Waals surface area contributed by atoms with Crippen LogP contribution in [0.2, 0.25) is 0 Å². The smallest absolute Gasteiger partial charge is 0.0569 e. The monoisotopic (exact) mass is 295 g/mol. The molecular weight excluding hydrogens is 274 g/mol. The van der Waals surface area contributed by atoms with Gasteiger partial charge < -0.3 is 5.73 Å². The second kappa shape index (κ2) is 5.28. The third-order valence-electron chi connectivity index (χ3n) is 3.95. The highest BCUT2D eigenvalue weighted by Crippen LogP contribution is 2.36. The third-order valence-corrected chi connectivity index (χ3v) is 4.93. The van der Waals surface area contributed by atoms with Gasteiger partial charge in [0.25, 0.3) is 0 Å². The molecule has 2 heteroatoms. The van der Waals surface area contributed by atoms with Gasteiger partial charge in [-0.15, -0.1) is 11.3 Å². The van der Waals surface area contributed by atoms with Crippen LogP contribution in [0, 0.1) is 0 Å². The van der Waals surface area contributed by atoms with Crippen LogP contribution < -0.4 is 5.73 Å². The molecule has 1 aromatic heterocycles. The summed E-state index contributed by atoms with van der Waals surface area (Å²) < 4.78 is 1.30. The fourth-order valence-corrected chi connectivity index (χ4v) is 3.86. The second-order valence-electron chi connectivity index (χ2n) is 6.50. The summed E-state index contributed by atoms with van der Waals surface area (Å²) in [6.07, 6.45) is 0. The minimum atomic E-state index is -0.0726. The van der Waals surface area contributed by atoms with Crippen molar-refractivity contribution >= 4 is 21.4 Å². The van der Waals surface area contributed by atoms with E-state index < -0.39 is 0 Å². The molecule has 1 nitrogen and oxygen atoms in total. The number of fused-ring (bicyclic) bond motifs is 1. The summed E-state index contributed by atoms with van der Waals surface area (Å²) in [5.74, 6) is 0. The maximum atomic E-state index is 6.63. The first-order chi connectivity index (χ1) is 9.98. The van der Waals surface area contributed by atoms with Gasteiger partial charge in [0.05, 0.1) is 6.04 Å². The molecule has 1 atom stereocenters. The molecule has 0 spiro atoms. The first-order valence-corrected chi connectivity index (χ1v) is 8.17. The largest absolute Gasteiger partial charge is 0.320 e. The van der Waals surface area contributed by atoms with Crippen LogP contribution >= 0.6 is 11.3 Å². The summed E-state index contributed by atoms with van der Waals surface area (Å²) in [4.78, 5) is 0. The summed E-state index contributed by atoms with van der Waals surface area (Å²) in [5.41, 5.74) is 10.5. The first kappa shape index (κ1) is 14.3. The van der Waals surface area contributed by atoms with Gasteiger partial charge in [-0.2, -0.15) is 0 Å². The van der Waals surface area contributed by atoms with E-state index in [4.69, 9.17) is 5.73 Å². The lowest BCUT2D eigenvalue weighted by Crippen LogP contribution is -2.20. The van der Waals surface area contributed by atoms with Gasteiger partial charge in [0.1, 0.15) is 0 Å². The molecule has 0 aliphatic heterocycles. The van der Waals surface area contributed by atoms with Crippen molar-refractivity contribution in [2.45, 2.75) is 32.2 Å². The van der Waals surface area contributed by atoms with Gasteiger partial charge in [-0.25, -0.2) is 0 Å². The highest BCUT2D eigenvalue weighted by Gasteiger charge is 2.22. The number of hydrogen-bond acceptors (Lipinski definition) is 2. The molecule has 2 aromatic carbocycles. The van der Waals surface area contributed by atoms with E-state index >= 15 is 0 Å². The Hall–Kier alpha value is -1.64. The predicted octanol–water partition coefficient (Wildman–Crippen LogP) is 5.25. The summed E-state index contributed by atoms with van der Waals surface area (Å²) in [5, 5.41) is 3.48. The molecule has 0 radical (unpaired) electrons. The SMILES string of the molecule is CC(C)(C)c1ccccc1C(N)c1csc2ccccc12. The molecule has 0 aliphatic rings. The van der Waals surface area contributed by atoms with Crippen molar-refractivity contribution in [3.8, 4) is 0 Å². The zero-order chi connectivity index (χ0) is 15.0. The Morgan fingerprint density at radius 2 is 1.57 bits per heavy atom. The van der Waals surface area contributed by atoms with Crippen molar-refractivity contribution in [2.75, 3.05) is 0 Å². The fraction of sp³-hybridized carbons (Fsp3) is 0.263. The minimum absolute atomic E-state index is 0.0726. The van der Waals surface area contributed by atoms with Gasteiger partial charge >= 0.3 is 0 Å². The summed E-state index contributed by atoms with van der Waals surface area (Å²) in [6, 6.07) is 17.0. The Morgan fingerprint density at radius 1 is 0.905 bits per heavy atom. The van der Waals surface area contributed by atoms with Crippen molar-refractivity contribution in [3.05, 3.63) is 70.6 Å². The number of rotatable bonds is 2. The number of thiophene rings is 1. The van der Waals surface area contributed by atoms with Crippen molar-refractivity contribution in [1.82, 2.24) is 0 Å². The maximum Gasteiger partial charge on any atom is 0.0569 e. The van der Waals surface area contributed by atoms with E-state index in [1.807, 2.05) is 0 Å². The third kappa shape index (κ3) is 2.61. The lowest BCUT2D eigenvalue weighted by molar-refractivity contribution is 0.578. The second-order valence-corrected chi connectivity index (χ2v) is 7.41. The highest BCUT2D eigenvalue weighted by atomic mass is 32.1. The van der Waals surface area contributed by atoms with Crippen LogP contribution in [0.15, 0.2) is 53.9 Å². The number of hydrogen-bond donors (Lipinski definition) is 1. The van der Waals surface area contributed by atoms with E-state index in [-0.39, 0.29) is 11.5 Å². The number of nitrogens with two attached hydrogens (primary N) is 1. The molecule has 0 bridgehead atoms. The fourth-order valence-electron chi connectivity index (χ4n) is 2.86. The minimum Gasteiger partial charge on any atom is -0.320 e. The van der Waals surface area contributed by atoms with Gasteiger partial charge in [0, 0.05) is 4.70 Å². The van der Waals surface area contributed by atoms with E-state index in [1.54, 1.807) is 11.3 Å². The molecule has 0 amide bonds. The van der Waals surface area contributed by atoms with E-state index in [0.717, 1.165) is 0 Å². The van der Waals surface area contributed by atoms with Crippen LogP contribution in [0.1, 0.15) is 43.5 Å². The molecule has 21 heavy (non-hydrogen) atoms.